The van der Waals surface area contributed by atoms with Gasteiger partial charge in [-0.2, -0.15) is 11.8 Å². The average molecular weight is 232 g/mol. The Kier molecular flexibility index (Phi) is 6.51. The Morgan fingerprint density at radius 1 is 1.55 bits per heavy atom. The highest BCUT2D eigenvalue weighted by Gasteiger charge is 2.13. The second kappa shape index (κ2) is 5.84. The van der Waals surface area contributed by atoms with Crippen LogP contribution in [0.5, 0.6) is 0 Å². The first-order valence-electron chi connectivity index (χ1n) is 3.27. The van der Waals surface area contributed by atoms with E-state index >= 15 is 0 Å². The Labute approximate surface area is 81.1 Å². The van der Waals surface area contributed by atoms with Gasteiger partial charge < -0.3 is 9.79 Å². The SMILES string of the molecule is CCSCC(C)SP(O)(O)=S. The Morgan fingerprint density at radius 2 is 2.09 bits per heavy atom. The maximum atomic E-state index is 8.92. The van der Waals surface area contributed by atoms with Crippen LogP contribution in [0.25, 0.3) is 0 Å². The van der Waals surface area contributed by atoms with Crippen molar-refractivity contribution in [1.82, 2.24) is 0 Å². The van der Waals surface area contributed by atoms with Crippen molar-refractivity contribution in [2.24, 2.45) is 0 Å². The van der Waals surface area contributed by atoms with E-state index in [2.05, 4.69) is 18.7 Å². The maximum Gasteiger partial charge on any atom is 0.242 e. The summed E-state index contributed by atoms with van der Waals surface area (Å²) in [5, 5.41) is 0.237. The van der Waals surface area contributed by atoms with Crippen molar-refractivity contribution in [3.8, 4) is 0 Å². The molecule has 0 aromatic carbocycles. The first kappa shape index (κ1) is 12.3. The fraction of sp³-hybridized carbons (Fsp3) is 1.00. The van der Waals surface area contributed by atoms with Crippen LogP contribution in [0.1, 0.15) is 13.8 Å². The third kappa shape index (κ3) is 9.18. The molecular weight excluding hydrogens is 219 g/mol. The molecule has 2 N–H and O–H groups in total. The fourth-order valence-corrected chi connectivity index (χ4v) is 5.39. The van der Waals surface area contributed by atoms with E-state index in [1.807, 2.05) is 6.92 Å². The quantitative estimate of drug-likeness (QED) is 0.710. The van der Waals surface area contributed by atoms with Gasteiger partial charge in [-0.1, -0.05) is 25.2 Å². The molecule has 0 saturated heterocycles. The molecule has 0 aliphatic carbocycles. The molecule has 6 heteroatoms. The number of hydrogen-bond donors (Lipinski definition) is 2. The van der Waals surface area contributed by atoms with E-state index < -0.39 is 5.69 Å². The fourth-order valence-electron chi connectivity index (χ4n) is 0.549. The van der Waals surface area contributed by atoms with E-state index in [0.717, 1.165) is 22.9 Å². The van der Waals surface area contributed by atoms with Crippen LogP contribution in [0.3, 0.4) is 0 Å². The second-order valence-corrected chi connectivity index (χ2v) is 9.76. The van der Waals surface area contributed by atoms with Crippen LogP contribution < -0.4 is 0 Å². The third-order valence-corrected chi connectivity index (χ3v) is 5.71. The van der Waals surface area contributed by atoms with Crippen molar-refractivity contribution in [2.75, 3.05) is 11.5 Å². The molecule has 0 rings (SSSR count). The highest BCUT2D eigenvalue weighted by molar-refractivity contribution is 8.67. The van der Waals surface area contributed by atoms with E-state index in [9.17, 15) is 0 Å². The molecule has 0 saturated carbocycles. The minimum absolute atomic E-state index is 0.237. The molecule has 1 unspecified atom stereocenters. The van der Waals surface area contributed by atoms with Gasteiger partial charge in [0.1, 0.15) is 0 Å². The maximum absolute atomic E-state index is 8.92. The van der Waals surface area contributed by atoms with Crippen LogP contribution in [-0.2, 0) is 11.8 Å². The predicted octanol–water partition coefficient (Wildman–Crippen LogP) is 2.07. The zero-order valence-electron chi connectivity index (χ0n) is 6.56. The van der Waals surface area contributed by atoms with Gasteiger partial charge in [-0.15, -0.1) is 0 Å². The molecule has 0 heterocycles. The Morgan fingerprint density at radius 3 is 2.45 bits per heavy atom. The zero-order valence-corrected chi connectivity index (χ0v) is 9.90. The van der Waals surface area contributed by atoms with Crippen LogP contribution in [-0.4, -0.2) is 26.5 Å². The number of hydrogen-bond acceptors (Lipinski definition) is 3. The molecule has 0 aliphatic heterocycles. The molecule has 0 aliphatic rings. The van der Waals surface area contributed by atoms with Crippen molar-refractivity contribution in [3.05, 3.63) is 0 Å². The Balaban J connectivity index is 3.52. The molecule has 1 atom stereocenters. The average Bonchev–Trinajstić information content (AvgIpc) is 1.79. The number of rotatable bonds is 5. The first-order valence-corrected chi connectivity index (χ1v) is 8.62. The summed E-state index contributed by atoms with van der Waals surface area (Å²) in [6.07, 6.45) is 0. The van der Waals surface area contributed by atoms with Crippen molar-refractivity contribution in [1.29, 1.82) is 0 Å². The summed E-state index contributed by atoms with van der Waals surface area (Å²) in [5.74, 6) is 1.99. The lowest BCUT2D eigenvalue weighted by molar-refractivity contribution is 0.502. The van der Waals surface area contributed by atoms with Gasteiger partial charge in [0, 0.05) is 11.0 Å². The van der Waals surface area contributed by atoms with Gasteiger partial charge in [0.05, 0.1) is 0 Å². The molecule has 0 aromatic heterocycles. The van der Waals surface area contributed by atoms with Crippen LogP contribution in [0, 0.1) is 0 Å². The first-order chi connectivity index (χ1) is 4.95. The highest BCUT2D eigenvalue weighted by atomic mass is 32.9. The summed E-state index contributed by atoms with van der Waals surface area (Å²) >= 11 is 7.39. The summed E-state index contributed by atoms with van der Waals surface area (Å²) in [7, 11) is 0. The predicted molar refractivity (Wildman–Crippen MR) is 58.8 cm³/mol. The molecule has 0 bridgehead atoms. The summed E-state index contributed by atoms with van der Waals surface area (Å²) in [6, 6.07) is 0. The lowest BCUT2D eigenvalue weighted by Crippen LogP contribution is -1.99. The Bertz CT molecular complexity index is 147. The smallest absolute Gasteiger partial charge is 0.242 e. The van der Waals surface area contributed by atoms with Crippen LogP contribution >= 0.6 is 28.8 Å². The van der Waals surface area contributed by atoms with E-state index in [1.165, 1.54) is 0 Å². The van der Waals surface area contributed by atoms with Crippen molar-refractivity contribution < 1.29 is 9.79 Å². The summed E-state index contributed by atoms with van der Waals surface area (Å²) in [4.78, 5) is 17.8. The van der Waals surface area contributed by atoms with Gasteiger partial charge >= 0.3 is 0 Å². The minimum Gasteiger partial charge on any atom is -0.338 e. The molecule has 2 nitrogen and oxygen atoms in total. The van der Waals surface area contributed by atoms with Crippen molar-refractivity contribution in [3.63, 3.8) is 0 Å². The summed E-state index contributed by atoms with van der Waals surface area (Å²) in [5.41, 5.74) is -3.03. The molecule has 0 fully saturated rings. The largest absolute Gasteiger partial charge is 0.338 e. The zero-order chi connectivity index (χ0) is 8.91. The van der Waals surface area contributed by atoms with E-state index in [1.54, 1.807) is 11.8 Å². The van der Waals surface area contributed by atoms with Crippen LogP contribution in [0.4, 0.5) is 0 Å². The molecule has 68 valence electrons. The summed E-state index contributed by atoms with van der Waals surface area (Å²) < 4.78 is 0. The molecule has 11 heavy (non-hydrogen) atoms. The van der Waals surface area contributed by atoms with Gasteiger partial charge in [-0.25, -0.2) is 0 Å². The highest BCUT2D eigenvalue weighted by Crippen LogP contribution is 2.53. The monoisotopic (exact) mass is 232 g/mol. The van der Waals surface area contributed by atoms with Crippen LogP contribution in [0.2, 0.25) is 0 Å². The lowest BCUT2D eigenvalue weighted by atomic mass is 10.6. The molecular formula is C5H13O2PS3. The second-order valence-electron chi connectivity index (χ2n) is 2.07. The van der Waals surface area contributed by atoms with Crippen LogP contribution in [0.15, 0.2) is 0 Å². The van der Waals surface area contributed by atoms with Gasteiger partial charge in [-0.3, -0.25) is 0 Å². The molecule has 0 spiro atoms. The third-order valence-electron chi connectivity index (χ3n) is 0.874. The molecule has 0 aromatic rings. The van der Waals surface area contributed by atoms with E-state index in [0.29, 0.717) is 0 Å². The molecule has 0 radical (unpaired) electrons. The van der Waals surface area contributed by atoms with Crippen molar-refractivity contribution in [2.45, 2.75) is 19.1 Å². The minimum atomic E-state index is -3.03. The normalized spacial score (nSPS) is 14.9. The van der Waals surface area contributed by atoms with E-state index in [4.69, 9.17) is 9.79 Å². The molecule has 0 amide bonds. The number of thioether (sulfide) groups is 1. The topological polar surface area (TPSA) is 40.5 Å². The standard InChI is InChI=1S/C5H13O2PS3/c1-3-10-4-5(2)11-8(6,7)9/h5H,3-4H2,1-2H3,(H2,6,7,9). The van der Waals surface area contributed by atoms with Gasteiger partial charge in [0.15, 0.2) is 0 Å². The lowest BCUT2D eigenvalue weighted by Gasteiger charge is -2.12. The van der Waals surface area contributed by atoms with E-state index in [-0.39, 0.29) is 5.25 Å². The van der Waals surface area contributed by atoms with Gasteiger partial charge in [0.2, 0.25) is 5.69 Å². The Hall–Kier alpha value is 1.27. The van der Waals surface area contributed by atoms with Gasteiger partial charge in [-0.05, 0) is 17.6 Å². The van der Waals surface area contributed by atoms with Crippen molar-refractivity contribution >= 4 is 40.6 Å². The summed E-state index contributed by atoms with van der Waals surface area (Å²) in [6.45, 7) is 4.04. The van der Waals surface area contributed by atoms with Gasteiger partial charge in [0.25, 0.3) is 0 Å².